The van der Waals surface area contributed by atoms with Gasteiger partial charge in [0.2, 0.25) is 10.0 Å². The average Bonchev–Trinajstić information content (AvgIpc) is 2.47. The van der Waals surface area contributed by atoms with Gasteiger partial charge in [0.1, 0.15) is 0 Å². The minimum Gasteiger partial charge on any atom is -0.207 e. The molecule has 0 atom stereocenters. The summed E-state index contributed by atoms with van der Waals surface area (Å²) in [6.45, 7) is 8.52. The van der Waals surface area contributed by atoms with Gasteiger partial charge in [0, 0.05) is 12.6 Å². The van der Waals surface area contributed by atoms with Crippen LogP contribution in [-0.4, -0.2) is 25.3 Å². The van der Waals surface area contributed by atoms with Crippen molar-refractivity contribution in [3.8, 4) is 6.07 Å². The van der Waals surface area contributed by atoms with Gasteiger partial charge in [-0.25, -0.2) is 8.42 Å². The van der Waals surface area contributed by atoms with Gasteiger partial charge in [-0.15, -0.1) is 0 Å². The predicted molar refractivity (Wildman–Crippen MR) is 84.3 cm³/mol. The maximum absolute atomic E-state index is 12.9. The standard InChI is InChI=1S/C16H24N2O2S/c1-5-15(6-2)18(12-13(3)4)21(19,20)16-9-7-8-14(10-16)11-17/h7-10,13,15H,5-6,12H2,1-4H3. The van der Waals surface area contributed by atoms with Gasteiger partial charge in [-0.05, 0) is 37.0 Å². The highest BCUT2D eigenvalue weighted by Gasteiger charge is 2.30. The first kappa shape index (κ1) is 17.7. The molecule has 1 aromatic carbocycles. The molecule has 1 aromatic rings. The zero-order valence-electron chi connectivity index (χ0n) is 13.2. The number of hydrogen-bond donors (Lipinski definition) is 0. The lowest BCUT2D eigenvalue weighted by atomic mass is 10.1. The Hall–Kier alpha value is -1.38. The molecule has 5 heteroatoms. The van der Waals surface area contributed by atoms with Crippen LogP contribution >= 0.6 is 0 Å². The van der Waals surface area contributed by atoms with Gasteiger partial charge in [-0.2, -0.15) is 9.57 Å². The Morgan fingerprint density at radius 1 is 1.24 bits per heavy atom. The third-order valence-electron chi connectivity index (χ3n) is 3.46. The third-order valence-corrected chi connectivity index (χ3v) is 5.38. The maximum Gasteiger partial charge on any atom is 0.243 e. The molecule has 21 heavy (non-hydrogen) atoms. The van der Waals surface area contributed by atoms with Crippen molar-refractivity contribution in [3.05, 3.63) is 29.8 Å². The summed E-state index contributed by atoms with van der Waals surface area (Å²) in [5, 5.41) is 8.95. The minimum atomic E-state index is -3.57. The van der Waals surface area contributed by atoms with E-state index >= 15 is 0 Å². The second-order valence-electron chi connectivity index (χ2n) is 5.58. The Labute approximate surface area is 128 Å². The summed E-state index contributed by atoms with van der Waals surface area (Å²) >= 11 is 0. The molecule has 0 saturated heterocycles. The SMILES string of the molecule is CCC(CC)N(CC(C)C)S(=O)(=O)c1cccc(C#N)c1. The van der Waals surface area contributed by atoms with Crippen LogP contribution in [0.4, 0.5) is 0 Å². The second kappa shape index (κ2) is 7.58. The molecule has 0 spiro atoms. The highest BCUT2D eigenvalue weighted by atomic mass is 32.2. The molecule has 0 amide bonds. The fraction of sp³-hybridized carbons (Fsp3) is 0.562. The Bertz CT molecular complexity index is 599. The van der Waals surface area contributed by atoms with E-state index in [0.717, 1.165) is 12.8 Å². The van der Waals surface area contributed by atoms with Crippen molar-refractivity contribution < 1.29 is 8.42 Å². The Kier molecular flexibility index (Phi) is 6.38. The number of hydrogen-bond acceptors (Lipinski definition) is 3. The van der Waals surface area contributed by atoms with Crippen molar-refractivity contribution in [1.82, 2.24) is 4.31 Å². The number of sulfonamides is 1. The molecule has 0 radical (unpaired) electrons. The molecule has 0 aliphatic heterocycles. The van der Waals surface area contributed by atoms with Crippen LogP contribution in [0.5, 0.6) is 0 Å². The van der Waals surface area contributed by atoms with E-state index < -0.39 is 10.0 Å². The molecule has 0 aliphatic carbocycles. The topological polar surface area (TPSA) is 61.2 Å². The fourth-order valence-electron chi connectivity index (χ4n) is 2.36. The van der Waals surface area contributed by atoms with Gasteiger partial charge in [0.25, 0.3) is 0 Å². The summed E-state index contributed by atoms with van der Waals surface area (Å²) in [6.07, 6.45) is 1.56. The lowest BCUT2D eigenvalue weighted by molar-refractivity contribution is 0.277. The zero-order chi connectivity index (χ0) is 16.0. The van der Waals surface area contributed by atoms with Gasteiger partial charge < -0.3 is 0 Å². The smallest absolute Gasteiger partial charge is 0.207 e. The number of rotatable bonds is 7. The van der Waals surface area contributed by atoms with Crippen molar-refractivity contribution in [2.75, 3.05) is 6.54 Å². The fourth-order valence-corrected chi connectivity index (χ4v) is 4.34. The molecule has 0 bridgehead atoms. The quantitative estimate of drug-likeness (QED) is 0.775. The van der Waals surface area contributed by atoms with Crippen molar-refractivity contribution in [2.24, 2.45) is 5.92 Å². The maximum atomic E-state index is 12.9. The molecule has 0 fully saturated rings. The van der Waals surface area contributed by atoms with Gasteiger partial charge in [-0.1, -0.05) is 33.8 Å². The van der Waals surface area contributed by atoms with Crippen molar-refractivity contribution >= 4 is 10.0 Å². The van der Waals surface area contributed by atoms with Crippen molar-refractivity contribution in [3.63, 3.8) is 0 Å². The molecular weight excluding hydrogens is 284 g/mol. The van der Waals surface area contributed by atoms with Crippen LogP contribution in [0.25, 0.3) is 0 Å². The summed E-state index contributed by atoms with van der Waals surface area (Å²) in [5.74, 6) is 0.250. The lowest BCUT2D eigenvalue weighted by Crippen LogP contribution is -2.41. The van der Waals surface area contributed by atoms with Crippen LogP contribution in [0.15, 0.2) is 29.2 Å². The Morgan fingerprint density at radius 3 is 2.33 bits per heavy atom. The lowest BCUT2D eigenvalue weighted by Gasteiger charge is -2.31. The van der Waals surface area contributed by atoms with E-state index in [1.165, 1.54) is 6.07 Å². The van der Waals surface area contributed by atoms with Gasteiger partial charge in [-0.3, -0.25) is 0 Å². The average molecular weight is 308 g/mol. The largest absolute Gasteiger partial charge is 0.243 e. The van der Waals surface area contributed by atoms with E-state index in [4.69, 9.17) is 5.26 Å². The Morgan fingerprint density at radius 2 is 1.86 bits per heavy atom. The molecule has 0 aliphatic rings. The summed E-state index contributed by atoms with van der Waals surface area (Å²) < 4.78 is 27.4. The molecule has 0 heterocycles. The molecule has 0 aromatic heterocycles. The molecule has 0 saturated carbocycles. The van der Waals surface area contributed by atoms with E-state index in [1.807, 2.05) is 33.8 Å². The van der Waals surface area contributed by atoms with Gasteiger partial charge in [0.15, 0.2) is 0 Å². The molecule has 4 nitrogen and oxygen atoms in total. The van der Waals surface area contributed by atoms with Gasteiger partial charge >= 0.3 is 0 Å². The normalized spacial score (nSPS) is 12.1. The first-order valence-electron chi connectivity index (χ1n) is 7.38. The summed E-state index contributed by atoms with van der Waals surface area (Å²) in [5.41, 5.74) is 0.366. The van der Waals surface area contributed by atoms with Gasteiger partial charge in [0.05, 0.1) is 16.5 Å². The first-order chi connectivity index (χ1) is 9.86. The number of nitriles is 1. The van der Waals surface area contributed by atoms with Crippen LogP contribution in [0, 0.1) is 17.2 Å². The van der Waals surface area contributed by atoms with Crippen LogP contribution in [0.1, 0.15) is 46.1 Å². The number of nitrogens with zero attached hydrogens (tertiary/aromatic N) is 2. The highest BCUT2D eigenvalue weighted by Crippen LogP contribution is 2.23. The zero-order valence-corrected chi connectivity index (χ0v) is 14.0. The van der Waals surface area contributed by atoms with Crippen LogP contribution in [0.2, 0.25) is 0 Å². The highest BCUT2D eigenvalue weighted by molar-refractivity contribution is 7.89. The van der Waals surface area contributed by atoms with E-state index in [1.54, 1.807) is 22.5 Å². The van der Waals surface area contributed by atoms with E-state index in [0.29, 0.717) is 12.1 Å². The monoisotopic (exact) mass is 308 g/mol. The summed E-state index contributed by atoms with van der Waals surface area (Å²) in [4.78, 5) is 0.203. The summed E-state index contributed by atoms with van der Waals surface area (Å²) in [7, 11) is -3.57. The van der Waals surface area contributed by atoms with E-state index in [9.17, 15) is 8.42 Å². The van der Waals surface area contributed by atoms with Crippen molar-refractivity contribution in [1.29, 1.82) is 5.26 Å². The van der Waals surface area contributed by atoms with E-state index in [2.05, 4.69) is 0 Å². The third kappa shape index (κ3) is 4.29. The van der Waals surface area contributed by atoms with Crippen LogP contribution < -0.4 is 0 Å². The first-order valence-corrected chi connectivity index (χ1v) is 8.82. The minimum absolute atomic E-state index is 0.0110. The van der Waals surface area contributed by atoms with E-state index in [-0.39, 0.29) is 16.9 Å². The Balaban J connectivity index is 3.29. The van der Waals surface area contributed by atoms with Crippen LogP contribution in [0.3, 0.4) is 0 Å². The molecular formula is C16H24N2O2S. The molecule has 0 unspecified atom stereocenters. The van der Waals surface area contributed by atoms with Crippen LogP contribution in [-0.2, 0) is 10.0 Å². The molecule has 116 valence electrons. The van der Waals surface area contributed by atoms with Crippen molar-refractivity contribution in [2.45, 2.75) is 51.5 Å². The second-order valence-corrected chi connectivity index (χ2v) is 7.47. The molecule has 1 rings (SSSR count). The summed E-state index contributed by atoms with van der Waals surface area (Å²) in [6, 6.07) is 8.22. The molecule has 0 N–H and O–H groups in total. The number of benzene rings is 1. The predicted octanol–water partition coefficient (Wildman–Crippen LogP) is 3.39.